The second-order valence-corrected chi connectivity index (χ2v) is 3.37. The van der Waals surface area contributed by atoms with E-state index in [1.807, 2.05) is 12.1 Å². The summed E-state index contributed by atoms with van der Waals surface area (Å²) >= 11 is 3.29. The number of rotatable bonds is 1. The molecular weight excluding hydrogens is 230 g/mol. The molecule has 1 aromatic carbocycles. The number of nitriles is 1. The van der Waals surface area contributed by atoms with Crippen LogP contribution >= 0.6 is 15.9 Å². The van der Waals surface area contributed by atoms with Crippen molar-refractivity contribution in [3.05, 3.63) is 27.7 Å². The molecule has 4 heteroatoms. The zero-order valence-electron chi connectivity index (χ0n) is 7.08. The fourth-order valence-electron chi connectivity index (χ4n) is 0.978. The Morgan fingerprint density at radius 3 is 2.85 bits per heavy atom. The largest absolute Gasteiger partial charge is 0.397 e. The van der Waals surface area contributed by atoms with E-state index in [2.05, 4.69) is 20.9 Å². The molecule has 2 N–H and O–H groups in total. The fourth-order valence-corrected chi connectivity index (χ4v) is 1.45. The number of nitrogen functional groups attached to an aromatic ring is 1. The van der Waals surface area contributed by atoms with E-state index in [1.165, 1.54) is 0 Å². The van der Waals surface area contributed by atoms with Crippen LogP contribution in [-0.2, 0) is 0 Å². The van der Waals surface area contributed by atoms with Crippen LogP contribution in [0, 0.1) is 11.3 Å². The fraction of sp³-hybridized carbons (Fsp3) is 0.111. The molecule has 0 unspecified atom stereocenters. The highest BCUT2D eigenvalue weighted by atomic mass is 79.9. The Balaban J connectivity index is 3.37. The molecule has 0 aliphatic carbocycles. The van der Waals surface area contributed by atoms with Crippen molar-refractivity contribution >= 4 is 27.8 Å². The van der Waals surface area contributed by atoms with Crippen LogP contribution in [0.5, 0.6) is 0 Å². The average molecular weight is 238 g/mol. The number of nitrogens with zero attached hydrogens (tertiary/aromatic N) is 2. The summed E-state index contributed by atoms with van der Waals surface area (Å²) in [5.41, 5.74) is 7.40. The first-order valence-electron chi connectivity index (χ1n) is 3.60. The van der Waals surface area contributed by atoms with Gasteiger partial charge in [0.25, 0.3) is 0 Å². The number of aliphatic imine (C=N–C) groups is 1. The topological polar surface area (TPSA) is 62.2 Å². The smallest absolute Gasteiger partial charge is 0.101 e. The molecule has 0 aliphatic rings. The predicted molar refractivity (Wildman–Crippen MR) is 56.8 cm³/mol. The minimum absolute atomic E-state index is 0.462. The summed E-state index contributed by atoms with van der Waals surface area (Å²) in [5, 5.41) is 8.74. The standard InChI is InChI=1S/C9H8BrN3/c1-13-5-7-3-8(10)2-6(4-11)9(7)12/h2-3,5H,12H2,1H3. The predicted octanol–water partition coefficient (Wildman–Crippen LogP) is 1.95. The Kier molecular flexibility index (Phi) is 3.04. The Hall–Kier alpha value is -1.34. The summed E-state index contributed by atoms with van der Waals surface area (Å²) in [6, 6.07) is 5.52. The van der Waals surface area contributed by atoms with Gasteiger partial charge in [-0.3, -0.25) is 4.99 Å². The molecule has 0 saturated carbocycles. The molecule has 3 nitrogen and oxygen atoms in total. The molecule has 66 valence electrons. The van der Waals surface area contributed by atoms with E-state index in [4.69, 9.17) is 11.0 Å². The lowest BCUT2D eigenvalue weighted by atomic mass is 10.1. The summed E-state index contributed by atoms with van der Waals surface area (Å²) in [4.78, 5) is 3.85. The summed E-state index contributed by atoms with van der Waals surface area (Å²) in [6.07, 6.45) is 1.63. The molecule has 0 bridgehead atoms. The van der Waals surface area contributed by atoms with Crippen LogP contribution in [-0.4, -0.2) is 13.3 Å². The molecule has 0 saturated heterocycles. The molecule has 0 amide bonds. The minimum atomic E-state index is 0.462. The van der Waals surface area contributed by atoms with Gasteiger partial charge in [-0.15, -0.1) is 0 Å². The average Bonchev–Trinajstić information content (AvgIpc) is 2.11. The first-order chi connectivity index (χ1) is 6.19. The van der Waals surface area contributed by atoms with Crippen LogP contribution in [0.3, 0.4) is 0 Å². The number of benzene rings is 1. The number of hydrogen-bond acceptors (Lipinski definition) is 3. The molecule has 13 heavy (non-hydrogen) atoms. The Morgan fingerprint density at radius 2 is 2.31 bits per heavy atom. The zero-order chi connectivity index (χ0) is 9.84. The summed E-state index contributed by atoms with van der Waals surface area (Å²) < 4.78 is 0.827. The first-order valence-corrected chi connectivity index (χ1v) is 4.39. The molecule has 0 aromatic heterocycles. The van der Waals surface area contributed by atoms with Crippen LogP contribution in [0.25, 0.3) is 0 Å². The summed E-state index contributed by atoms with van der Waals surface area (Å²) in [6.45, 7) is 0. The maximum Gasteiger partial charge on any atom is 0.101 e. The van der Waals surface area contributed by atoms with Gasteiger partial charge in [-0.2, -0.15) is 5.26 Å². The van der Waals surface area contributed by atoms with Crippen molar-refractivity contribution in [2.75, 3.05) is 12.8 Å². The second-order valence-electron chi connectivity index (χ2n) is 2.46. The maximum absolute atomic E-state index is 8.74. The lowest BCUT2D eigenvalue weighted by Crippen LogP contribution is -1.97. The Morgan fingerprint density at radius 1 is 1.62 bits per heavy atom. The van der Waals surface area contributed by atoms with Gasteiger partial charge in [-0.1, -0.05) is 15.9 Å². The molecule has 0 spiro atoms. The third-order valence-corrected chi connectivity index (χ3v) is 2.02. The second kappa shape index (κ2) is 4.06. The van der Waals surface area contributed by atoms with Gasteiger partial charge in [0.2, 0.25) is 0 Å². The van der Waals surface area contributed by atoms with Crippen LogP contribution < -0.4 is 5.73 Å². The zero-order valence-corrected chi connectivity index (χ0v) is 8.67. The van der Waals surface area contributed by atoms with Crippen molar-refractivity contribution in [1.82, 2.24) is 0 Å². The van der Waals surface area contributed by atoms with Crippen molar-refractivity contribution in [3.8, 4) is 6.07 Å². The van der Waals surface area contributed by atoms with Gasteiger partial charge in [-0.25, -0.2) is 0 Å². The molecule has 1 rings (SSSR count). The van der Waals surface area contributed by atoms with E-state index < -0.39 is 0 Å². The molecule has 0 heterocycles. The molecule has 0 aliphatic heterocycles. The lowest BCUT2D eigenvalue weighted by molar-refractivity contribution is 1.44. The highest BCUT2D eigenvalue weighted by Crippen LogP contribution is 2.21. The van der Waals surface area contributed by atoms with Crippen molar-refractivity contribution in [2.45, 2.75) is 0 Å². The summed E-state index contributed by atoms with van der Waals surface area (Å²) in [5.74, 6) is 0. The molecular formula is C9H8BrN3. The van der Waals surface area contributed by atoms with Gasteiger partial charge >= 0.3 is 0 Å². The molecule has 0 atom stereocenters. The molecule has 0 radical (unpaired) electrons. The van der Waals surface area contributed by atoms with Gasteiger partial charge in [-0.05, 0) is 12.1 Å². The van der Waals surface area contributed by atoms with Gasteiger partial charge in [0.05, 0.1) is 11.3 Å². The third kappa shape index (κ3) is 2.07. The highest BCUT2D eigenvalue weighted by molar-refractivity contribution is 9.10. The van der Waals surface area contributed by atoms with Crippen molar-refractivity contribution in [2.24, 2.45) is 4.99 Å². The van der Waals surface area contributed by atoms with Crippen LogP contribution in [0.15, 0.2) is 21.6 Å². The monoisotopic (exact) mass is 237 g/mol. The van der Waals surface area contributed by atoms with E-state index in [1.54, 1.807) is 19.3 Å². The van der Waals surface area contributed by atoms with Crippen molar-refractivity contribution in [3.63, 3.8) is 0 Å². The van der Waals surface area contributed by atoms with Crippen molar-refractivity contribution < 1.29 is 0 Å². The van der Waals surface area contributed by atoms with E-state index in [0.717, 1.165) is 10.0 Å². The highest BCUT2D eigenvalue weighted by Gasteiger charge is 2.04. The number of nitrogens with two attached hydrogens (primary N) is 1. The van der Waals surface area contributed by atoms with Gasteiger partial charge in [0.1, 0.15) is 6.07 Å². The Bertz CT molecular complexity index is 391. The molecule has 0 fully saturated rings. The van der Waals surface area contributed by atoms with Crippen molar-refractivity contribution in [1.29, 1.82) is 5.26 Å². The van der Waals surface area contributed by atoms with Crippen LogP contribution in [0.1, 0.15) is 11.1 Å². The summed E-state index contributed by atoms with van der Waals surface area (Å²) in [7, 11) is 1.66. The van der Waals surface area contributed by atoms with Crippen LogP contribution in [0.2, 0.25) is 0 Å². The third-order valence-electron chi connectivity index (χ3n) is 1.57. The number of halogens is 1. The maximum atomic E-state index is 8.74. The first kappa shape index (κ1) is 9.75. The molecule has 1 aromatic rings. The van der Waals surface area contributed by atoms with Gasteiger partial charge in [0.15, 0.2) is 0 Å². The quantitative estimate of drug-likeness (QED) is 0.600. The van der Waals surface area contributed by atoms with Gasteiger partial charge < -0.3 is 5.73 Å². The lowest BCUT2D eigenvalue weighted by Gasteiger charge is -2.02. The van der Waals surface area contributed by atoms with Gasteiger partial charge in [0, 0.05) is 23.3 Å². The Labute approximate surface area is 85.0 Å². The number of anilines is 1. The van der Waals surface area contributed by atoms with E-state index in [0.29, 0.717) is 11.3 Å². The van der Waals surface area contributed by atoms with Crippen LogP contribution in [0.4, 0.5) is 5.69 Å². The van der Waals surface area contributed by atoms with E-state index in [9.17, 15) is 0 Å². The van der Waals surface area contributed by atoms with E-state index in [-0.39, 0.29) is 0 Å². The van der Waals surface area contributed by atoms with E-state index >= 15 is 0 Å². The normalized spacial score (nSPS) is 10.2. The number of hydrogen-bond donors (Lipinski definition) is 1. The SMILES string of the molecule is CN=Cc1cc(Br)cc(C#N)c1N. The minimum Gasteiger partial charge on any atom is -0.397 e.